The number of nitrogens with one attached hydrogen (secondary N) is 1. The van der Waals surface area contributed by atoms with Gasteiger partial charge in [0.1, 0.15) is 0 Å². The fraction of sp³-hybridized carbons (Fsp3) is 1.00. The third-order valence-electron chi connectivity index (χ3n) is 5.66. The lowest BCUT2D eigenvalue weighted by molar-refractivity contribution is 0.139. The summed E-state index contributed by atoms with van der Waals surface area (Å²) in [5.74, 6) is 0. The molecule has 20 heavy (non-hydrogen) atoms. The molecule has 2 rings (SSSR count). The van der Waals surface area contributed by atoms with Crippen molar-refractivity contribution >= 4 is 0 Å². The number of nitrogens with zero attached hydrogens (tertiary/aromatic N) is 2. The highest BCUT2D eigenvalue weighted by atomic mass is 15.2. The van der Waals surface area contributed by atoms with Gasteiger partial charge in [0.25, 0.3) is 0 Å². The smallest absolute Gasteiger partial charge is 0.0274 e. The van der Waals surface area contributed by atoms with E-state index in [0.29, 0.717) is 17.5 Å². The fourth-order valence-corrected chi connectivity index (χ4v) is 4.23. The van der Waals surface area contributed by atoms with Gasteiger partial charge in [-0.15, -0.1) is 0 Å². The third-order valence-corrected chi connectivity index (χ3v) is 5.66. The molecule has 3 unspecified atom stereocenters. The predicted molar refractivity (Wildman–Crippen MR) is 87.2 cm³/mol. The number of likely N-dealkylation sites (tertiary alicyclic amines) is 1. The summed E-state index contributed by atoms with van der Waals surface area (Å²) in [7, 11) is 4.63. The Bertz CT molecular complexity index is 303. The Labute approximate surface area is 126 Å². The highest BCUT2D eigenvalue weighted by Crippen LogP contribution is 2.39. The Kier molecular flexibility index (Phi) is 5.49. The van der Waals surface area contributed by atoms with Crippen molar-refractivity contribution in [2.45, 2.75) is 71.0 Å². The molecule has 3 atom stereocenters. The fourth-order valence-electron chi connectivity index (χ4n) is 4.23. The van der Waals surface area contributed by atoms with Crippen molar-refractivity contribution in [3.05, 3.63) is 0 Å². The molecule has 1 saturated heterocycles. The largest absolute Gasteiger partial charge is 0.312 e. The zero-order valence-corrected chi connectivity index (χ0v) is 14.3. The zero-order chi connectivity index (χ0) is 14.8. The average Bonchev–Trinajstić information content (AvgIpc) is 2.91. The monoisotopic (exact) mass is 281 g/mol. The summed E-state index contributed by atoms with van der Waals surface area (Å²) in [4.78, 5) is 5.19. The highest BCUT2D eigenvalue weighted by Gasteiger charge is 2.43. The van der Waals surface area contributed by atoms with Crippen LogP contribution in [0.1, 0.15) is 52.9 Å². The van der Waals surface area contributed by atoms with Crippen LogP contribution in [0, 0.1) is 5.41 Å². The van der Waals surface area contributed by atoms with Crippen LogP contribution in [0.2, 0.25) is 0 Å². The van der Waals surface area contributed by atoms with Gasteiger partial charge < -0.3 is 15.1 Å². The van der Waals surface area contributed by atoms with E-state index in [0.717, 1.165) is 12.6 Å². The summed E-state index contributed by atoms with van der Waals surface area (Å²) in [6.07, 6.45) is 6.69. The van der Waals surface area contributed by atoms with Crippen LogP contribution in [0.3, 0.4) is 0 Å². The normalized spacial score (nSPS) is 34.2. The quantitative estimate of drug-likeness (QED) is 0.807. The van der Waals surface area contributed by atoms with Crippen LogP contribution in [0.4, 0.5) is 0 Å². The molecule has 1 N–H and O–H groups in total. The lowest BCUT2D eigenvalue weighted by Crippen LogP contribution is -2.53. The molecule has 1 aliphatic heterocycles. The molecule has 3 nitrogen and oxygen atoms in total. The molecule has 1 aliphatic carbocycles. The number of rotatable bonds is 6. The van der Waals surface area contributed by atoms with E-state index in [9.17, 15) is 0 Å². The summed E-state index contributed by atoms with van der Waals surface area (Å²) < 4.78 is 0. The molecule has 118 valence electrons. The van der Waals surface area contributed by atoms with E-state index < -0.39 is 0 Å². The Balaban J connectivity index is 1.94. The zero-order valence-electron chi connectivity index (χ0n) is 14.3. The number of hydrogen-bond donors (Lipinski definition) is 1. The van der Waals surface area contributed by atoms with Crippen molar-refractivity contribution in [2.24, 2.45) is 5.41 Å². The van der Waals surface area contributed by atoms with Gasteiger partial charge in [-0.1, -0.05) is 20.8 Å². The Hall–Kier alpha value is -0.120. The molecular weight excluding hydrogens is 246 g/mol. The maximum absolute atomic E-state index is 3.83. The molecule has 0 radical (unpaired) electrons. The Morgan fingerprint density at radius 3 is 2.65 bits per heavy atom. The van der Waals surface area contributed by atoms with Crippen LogP contribution in [0.5, 0.6) is 0 Å². The maximum Gasteiger partial charge on any atom is 0.0274 e. The van der Waals surface area contributed by atoms with Crippen LogP contribution in [0.25, 0.3) is 0 Å². The average molecular weight is 281 g/mol. The van der Waals surface area contributed by atoms with Gasteiger partial charge in [0.2, 0.25) is 0 Å². The van der Waals surface area contributed by atoms with Crippen LogP contribution in [-0.4, -0.2) is 61.7 Å². The van der Waals surface area contributed by atoms with Gasteiger partial charge in [0.15, 0.2) is 0 Å². The molecule has 0 bridgehead atoms. The van der Waals surface area contributed by atoms with E-state index in [1.165, 1.54) is 45.2 Å². The van der Waals surface area contributed by atoms with Crippen molar-refractivity contribution in [3.63, 3.8) is 0 Å². The first kappa shape index (κ1) is 16.3. The van der Waals surface area contributed by atoms with Gasteiger partial charge in [0.05, 0.1) is 0 Å². The minimum absolute atomic E-state index is 0.440. The van der Waals surface area contributed by atoms with E-state index in [1.807, 2.05) is 0 Å². The second-order valence-electron chi connectivity index (χ2n) is 7.74. The SMILES string of the molecule is CCCNC1C(N(C)CC2CCCN2C)CCC1(C)C. The van der Waals surface area contributed by atoms with Crippen molar-refractivity contribution < 1.29 is 0 Å². The first-order valence-electron chi connectivity index (χ1n) is 8.59. The second kappa shape index (κ2) is 6.76. The first-order valence-corrected chi connectivity index (χ1v) is 8.59. The van der Waals surface area contributed by atoms with Gasteiger partial charge in [-0.2, -0.15) is 0 Å². The molecule has 2 fully saturated rings. The summed E-state index contributed by atoms with van der Waals surface area (Å²) in [5.41, 5.74) is 0.440. The van der Waals surface area contributed by atoms with E-state index in [2.05, 4.69) is 50.0 Å². The molecule has 3 heteroatoms. The van der Waals surface area contributed by atoms with Crippen molar-refractivity contribution in [2.75, 3.05) is 33.7 Å². The van der Waals surface area contributed by atoms with Gasteiger partial charge in [0, 0.05) is 24.7 Å². The molecule has 0 aromatic heterocycles. The molecule has 2 aliphatic rings. The summed E-state index contributed by atoms with van der Waals surface area (Å²) in [5, 5.41) is 3.83. The number of hydrogen-bond acceptors (Lipinski definition) is 3. The van der Waals surface area contributed by atoms with Crippen LogP contribution in [0.15, 0.2) is 0 Å². The van der Waals surface area contributed by atoms with Gasteiger partial charge in [-0.05, 0) is 64.7 Å². The summed E-state index contributed by atoms with van der Waals surface area (Å²) in [6.45, 7) is 10.8. The Morgan fingerprint density at radius 2 is 2.05 bits per heavy atom. The first-order chi connectivity index (χ1) is 9.45. The van der Waals surface area contributed by atoms with Gasteiger partial charge in [-0.3, -0.25) is 0 Å². The van der Waals surface area contributed by atoms with Crippen LogP contribution < -0.4 is 5.32 Å². The molecular formula is C17H35N3. The molecule has 0 amide bonds. The van der Waals surface area contributed by atoms with E-state index in [1.54, 1.807) is 0 Å². The van der Waals surface area contributed by atoms with E-state index in [4.69, 9.17) is 0 Å². The van der Waals surface area contributed by atoms with E-state index >= 15 is 0 Å². The van der Waals surface area contributed by atoms with Crippen LogP contribution >= 0.6 is 0 Å². The highest BCUT2D eigenvalue weighted by molar-refractivity contribution is 5.01. The van der Waals surface area contributed by atoms with Crippen LogP contribution in [-0.2, 0) is 0 Å². The summed E-state index contributed by atoms with van der Waals surface area (Å²) >= 11 is 0. The molecule has 1 saturated carbocycles. The second-order valence-corrected chi connectivity index (χ2v) is 7.74. The maximum atomic E-state index is 3.83. The van der Waals surface area contributed by atoms with Gasteiger partial charge >= 0.3 is 0 Å². The van der Waals surface area contributed by atoms with Crippen molar-refractivity contribution in [1.82, 2.24) is 15.1 Å². The molecule has 0 spiro atoms. The third kappa shape index (κ3) is 3.55. The topological polar surface area (TPSA) is 18.5 Å². The minimum atomic E-state index is 0.440. The van der Waals surface area contributed by atoms with E-state index in [-0.39, 0.29) is 0 Å². The number of likely N-dealkylation sites (N-methyl/N-ethyl adjacent to an activating group) is 2. The lowest BCUT2D eigenvalue weighted by Gasteiger charge is -2.38. The van der Waals surface area contributed by atoms with Crippen molar-refractivity contribution in [1.29, 1.82) is 0 Å². The molecule has 1 heterocycles. The van der Waals surface area contributed by atoms with Crippen molar-refractivity contribution in [3.8, 4) is 0 Å². The standard InChI is InChI=1S/C17H35N3/c1-6-11-18-16-15(9-10-17(16,2)3)20(5)13-14-8-7-12-19(14)4/h14-16,18H,6-13H2,1-5H3. The lowest BCUT2D eigenvalue weighted by atomic mass is 9.86. The predicted octanol–water partition coefficient (Wildman–Crippen LogP) is 2.57. The van der Waals surface area contributed by atoms with Gasteiger partial charge in [-0.25, -0.2) is 0 Å². The molecule has 0 aromatic carbocycles. The Morgan fingerprint density at radius 1 is 1.30 bits per heavy atom. The summed E-state index contributed by atoms with van der Waals surface area (Å²) in [6, 6.07) is 2.14. The molecule has 0 aromatic rings. The minimum Gasteiger partial charge on any atom is -0.312 e.